The highest BCUT2D eigenvalue weighted by atomic mass is 35.5. The van der Waals surface area contributed by atoms with Crippen molar-refractivity contribution >= 4 is 45.6 Å². The number of hydrogen-bond donors (Lipinski definition) is 2. The van der Waals surface area contributed by atoms with Crippen molar-refractivity contribution in [2.75, 3.05) is 10.6 Å². The van der Waals surface area contributed by atoms with Crippen molar-refractivity contribution in [1.29, 1.82) is 0 Å². The van der Waals surface area contributed by atoms with Gasteiger partial charge < -0.3 is 5.32 Å². The molecule has 5 nitrogen and oxygen atoms in total. The molecule has 0 aliphatic rings. The average molecular weight is 502 g/mol. The third kappa shape index (κ3) is 5.11. The van der Waals surface area contributed by atoms with Crippen LogP contribution in [0.3, 0.4) is 0 Å². The maximum atomic E-state index is 14.6. The number of aromatic nitrogens is 1. The average Bonchev–Trinajstić information content (AvgIpc) is 3.28. The Bertz CT molecular complexity index is 1350. The van der Waals surface area contributed by atoms with E-state index in [9.17, 15) is 22.8 Å². The molecule has 10 heteroatoms. The summed E-state index contributed by atoms with van der Waals surface area (Å²) in [6.07, 6.45) is 0. The molecule has 0 saturated heterocycles. The van der Waals surface area contributed by atoms with Crippen LogP contribution in [0.5, 0.6) is 0 Å². The second-order valence-corrected chi connectivity index (χ2v) is 8.38. The summed E-state index contributed by atoms with van der Waals surface area (Å²) in [4.78, 5) is 29.5. The summed E-state index contributed by atoms with van der Waals surface area (Å²) in [5.41, 5.74) is 0.230. The number of rotatable bonds is 6. The van der Waals surface area contributed by atoms with Crippen LogP contribution in [-0.4, -0.2) is 16.8 Å². The van der Waals surface area contributed by atoms with Crippen molar-refractivity contribution < 1.29 is 22.8 Å². The minimum atomic E-state index is -3.90. The molecule has 0 spiro atoms. The number of thiazole rings is 1. The quantitative estimate of drug-likeness (QED) is 0.313. The molecule has 0 fully saturated rings. The molecule has 0 aliphatic heterocycles. The largest absolute Gasteiger partial charge is 0.350 e. The monoisotopic (exact) mass is 501 g/mol. The smallest absolute Gasteiger partial charge is 0.320 e. The number of anilines is 2. The van der Waals surface area contributed by atoms with Crippen molar-refractivity contribution in [1.82, 2.24) is 4.98 Å². The van der Waals surface area contributed by atoms with Crippen LogP contribution in [0.15, 0.2) is 78.2 Å². The van der Waals surface area contributed by atoms with Crippen molar-refractivity contribution in [3.8, 4) is 11.3 Å². The second kappa shape index (κ2) is 9.66. The van der Waals surface area contributed by atoms with Gasteiger partial charge in [-0.15, -0.1) is 11.3 Å². The van der Waals surface area contributed by atoms with Crippen molar-refractivity contribution in [3.05, 3.63) is 100 Å². The van der Waals surface area contributed by atoms with Crippen LogP contribution >= 0.6 is 22.9 Å². The van der Waals surface area contributed by atoms with Crippen molar-refractivity contribution in [3.63, 3.8) is 0 Å². The molecular formula is C24H15ClF3N3O2S. The zero-order valence-corrected chi connectivity index (χ0v) is 18.8. The fourth-order valence-electron chi connectivity index (χ4n) is 3.05. The fourth-order valence-corrected chi connectivity index (χ4v) is 3.89. The predicted molar refractivity (Wildman–Crippen MR) is 126 cm³/mol. The molecule has 34 heavy (non-hydrogen) atoms. The summed E-state index contributed by atoms with van der Waals surface area (Å²) in [6, 6.07) is 16.3. The number of hydrogen-bond acceptors (Lipinski definition) is 4. The van der Waals surface area contributed by atoms with E-state index in [1.165, 1.54) is 18.2 Å². The van der Waals surface area contributed by atoms with E-state index >= 15 is 0 Å². The van der Waals surface area contributed by atoms with Crippen LogP contribution in [0.4, 0.5) is 24.0 Å². The van der Waals surface area contributed by atoms with Crippen LogP contribution < -0.4 is 10.6 Å². The first-order valence-corrected chi connectivity index (χ1v) is 11.1. The zero-order valence-electron chi connectivity index (χ0n) is 17.2. The van der Waals surface area contributed by atoms with Crippen LogP contribution in [-0.2, 0) is 10.7 Å². The van der Waals surface area contributed by atoms with Gasteiger partial charge in [-0.2, -0.15) is 8.78 Å². The molecule has 4 aromatic rings. The van der Waals surface area contributed by atoms with Gasteiger partial charge >= 0.3 is 5.92 Å². The Morgan fingerprint density at radius 1 is 0.941 bits per heavy atom. The molecule has 1 heterocycles. The minimum Gasteiger partial charge on any atom is -0.320 e. The van der Waals surface area contributed by atoms with E-state index in [1.54, 1.807) is 29.6 Å². The molecule has 4 rings (SSSR count). The fraction of sp³-hybridized carbons (Fsp3) is 0.0417. The minimum absolute atomic E-state index is 0.207. The molecule has 0 unspecified atom stereocenters. The van der Waals surface area contributed by atoms with Gasteiger partial charge in [0.2, 0.25) is 0 Å². The summed E-state index contributed by atoms with van der Waals surface area (Å²) in [5, 5.41) is 7.03. The number of carbonyl (C=O) groups is 2. The maximum Gasteiger partial charge on any atom is 0.350 e. The summed E-state index contributed by atoms with van der Waals surface area (Å²) in [6.45, 7) is 0. The van der Waals surface area contributed by atoms with E-state index in [2.05, 4.69) is 10.3 Å². The number of nitrogens with zero attached hydrogens (tertiary/aromatic N) is 1. The van der Waals surface area contributed by atoms with Gasteiger partial charge in [0.15, 0.2) is 5.13 Å². The van der Waals surface area contributed by atoms with Gasteiger partial charge in [-0.3, -0.25) is 14.9 Å². The molecule has 0 saturated carbocycles. The van der Waals surface area contributed by atoms with Gasteiger partial charge in [0.1, 0.15) is 5.82 Å². The lowest BCUT2D eigenvalue weighted by atomic mass is 10.1. The first-order valence-electron chi connectivity index (χ1n) is 9.81. The number of amides is 2. The standard InChI is InChI=1S/C24H15ClF3N3O2S/c25-16-8-6-14(7-9-16)20-13-34-23(30-20)31-21(32)18-11-10-17(26)12-19(18)29-22(33)24(27,28)15-4-2-1-3-5-15/h1-13H,(H,29,33)(H,30,31,32). The van der Waals surface area contributed by atoms with Crippen LogP contribution in [0.2, 0.25) is 5.02 Å². The Morgan fingerprint density at radius 2 is 1.65 bits per heavy atom. The molecule has 0 bridgehead atoms. The molecule has 2 amide bonds. The lowest BCUT2D eigenvalue weighted by molar-refractivity contribution is -0.140. The molecule has 172 valence electrons. The lowest BCUT2D eigenvalue weighted by Crippen LogP contribution is -2.33. The Balaban J connectivity index is 1.54. The molecular weight excluding hydrogens is 487 g/mol. The van der Waals surface area contributed by atoms with Gasteiger partial charge in [0.05, 0.1) is 16.9 Å². The van der Waals surface area contributed by atoms with E-state index in [1.807, 2.05) is 5.32 Å². The number of nitrogens with one attached hydrogen (secondary N) is 2. The van der Waals surface area contributed by atoms with E-state index in [4.69, 9.17) is 11.6 Å². The van der Waals surface area contributed by atoms with Gasteiger partial charge in [0.25, 0.3) is 11.8 Å². The maximum absolute atomic E-state index is 14.6. The molecule has 2 N–H and O–H groups in total. The predicted octanol–water partition coefficient (Wildman–Crippen LogP) is 6.59. The first-order chi connectivity index (χ1) is 16.2. The summed E-state index contributed by atoms with van der Waals surface area (Å²) in [7, 11) is 0. The Hall–Kier alpha value is -3.69. The summed E-state index contributed by atoms with van der Waals surface area (Å²) >= 11 is 7.03. The van der Waals surface area contributed by atoms with E-state index in [0.717, 1.165) is 47.2 Å². The molecule has 1 aromatic heterocycles. The van der Waals surface area contributed by atoms with Gasteiger partial charge in [0, 0.05) is 21.5 Å². The summed E-state index contributed by atoms with van der Waals surface area (Å²) in [5.74, 6) is -7.16. The molecule has 0 atom stereocenters. The number of alkyl halides is 2. The van der Waals surface area contributed by atoms with E-state index in [-0.39, 0.29) is 10.7 Å². The third-order valence-corrected chi connectivity index (χ3v) is 5.77. The SMILES string of the molecule is O=C(Nc1nc(-c2ccc(Cl)cc2)cs1)c1ccc(F)cc1NC(=O)C(F)(F)c1ccccc1. The van der Waals surface area contributed by atoms with E-state index < -0.39 is 34.8 Å². The lowest BCUT2D eigenvalue weighted by Gasteiger charge is -2.17. The third-order valence-electron chi connectivity index (χ3n) is 4.76. The van der Waals surface area contributed by atoms with Crippen LogP contribution in [0, 0.1) is 5.82 Å². The van der Waals surface area contributed by atoms with E-state index in [0.29, 0.717) is 10.7 Å². The number of halogens is 4. The van der Waals surface area contributed by atoms with Gasteiger partial charge in [-0.1, -0.05) is 54.1 Å². The zero-order chi connectivity index (χ0) is 24.3. The molecule has 0 radical (unpaired) electrons. The highest BCUT2D eigenvalue weighted by molar-refractivity contribution is 7.14. The second-order valence-electron chi connectivity index (χ2n) is 7.08. The van der Waals surface area contributed by atoms with Gasteiger partial charge in [-0.05, 0) is 30.3 Å². The van der Waals surface area contributed by atoms with Crippen LogP contribution in [0.1, 0.15) is 15.9 Å². The summed E-state index contributed by atoms with van der Waals surface area (Å²) < 4.78 is 43.0. The van der Waals surface area contributed by atoms with Crippen molar-refractivity contribution in [2.45, 2.75) is 5.92 Å². The Kier molecular flexibility index (Phi) is 6.67. The Labute approximate surface area is 201 Å². The molecule has 0 aliphatic carbocycles. The first kappa shape index (κ1) is 23.5. The van der Waals surface area contributed by atoms with Gasteiger partial charge in [-0.25, -0.2) is 9.37 Å². The topological polar surface area (TPSA) is 71.1 Å². The van der Waals surface area contributed by atoms with Crippen molar-refractivity contribution in [2.24, 2.45) is 0 Å². The molecule has 3 aromatic carbocycles. The Morgan fingerprint density at radius 3 is 2.35 bits per heavy atom. The normalized spacial score (nSPS) is 11.2. The number of benzene rings is 3. The van der Waals surface area contributed by atoms with Crippen LogP contribution in [0.25, 0.3) is 11.3 Å². The highest BCUT2D eigenvalue weighted by Crippen LogP contribution is 2.31. The highest BCUT2D eigenvalue weighted by Gasteiger charge is 2.41. The number of carbonyl (C=O) groups excluding carboxylic acids is 2.